The molecular weight excluding hydrogens is 238 g/mol. The molecule has 0 saturated carbocycles. The van der Waals surface area contributed by atoms with Crippen molar-refractivity contribution in [2.75, 3.05) is 0 Å². The number of hydrogen-bond acceptors (Lipinski definition) is 2. The highest BCUT2D eigenvalue weighted by molar-refractivity contribution is 5.38. The molecule has 0 atom stereocenters. The van der Waals surface area contributed by atoms with Crippen LogP contribution in [0.15, 0.2) is 36.5 Å². The van der Waals surface area contributed by atoms with Crippen molar-refractivity contribution < 1.29 is 14.4 Å². The second kappa shape index (κ2) is 5.74. The van der Waals surface area contributed by atoms with E-state index in [1.165, 1.54) is 5.56 Å². The van der Waals surface area contributed by atoms with Crippen LogP contribution in [0.1, 0.15) is 23.7 Å². The van der Waals surface area contributed by atoms with Gasteiger partial charge in [-0.1, -0.05) is 29.8 Å². The quantitative estimate of drug-likeness (QED) is 0.855. The minimum atomic E-state index is 0.189. The molecule has 0 radical (unpaired) electrons. The normalized spacial score (nSPS) is 10.5. The Hall–Kier alpha value is -2.03. The van der Waals surface area contributed by atoms with Crippen LogP contribution in [0.3, 0.4) is 0 Å². The topological polar surface area (TPSA) is 33.3 Å². The predicted molar refractivity (Wildman–Crippen MR) is 74.2 cm³/mol. The first-order valence-corrected chi connectivity index (χ1v) is 6.52. The summed E-state index contributed by atoms with van der Waals surface area (Å²) >= 11 is 0. The Morgan fingerprint density at radius 3 is 2.42 bits per heavy atom. The zero-order valence-electron chi connectivity index (χ0n) is 11.7. The van der Waals surface area contributed by atoms with Gasteiger partial charge in [-0.3, -0.25) is 0 Å². The number of nitrogens with zero attached hydrogens (tertiary/aromatic N) is 1. The monoisotopic (exact) mass is 258 g/mol. The summed E-state index contributed by atoms with van der Waals surface area (Å²) in [6, 6.07) is 9.86. The van der Waals surface area contributed by atoms with Crippen molar-refractivity contribution >= 4 is 0 Å². The van der Waals surface area contributed by atoms with E-state index in [9.17, 15) is 5.11 Å². The summed E-state index contributed by atoms with van der Waals surface area (Å²) in [4.78, 5) is 0. The summed E-state index contributed by atoms with van der Waals surface area (Å²) in [5, 5.41) is 9.90. The SMILES string of the molecule is CC[n+]1ccc(O)c(OCc2ccc(C)cc2)c1C. The zero-order chi connectivity index (χ0) is 13.8. The van der Waals surface area contributed by atoms with Gasteiger partial charge in [0.1, 0.15) is 13.2 Å². The van der Waals surface area contributed by atoms with Gasteiger partial charge in [-0.25, -0.2) is 0 Å². The van der Waals surface area contributed by atoms with E-state index in [0.29, 0.717) is 12.4 Å². The van der Waals surface area contributed by atoms with Crippen LogP contribution in [-0.2, 0) is 13.2 Å². The van der Waals surface area contributed by atoms with Crippen LogP contribution >= 0.6 is 0 Å². The molecule has 1 heterocycles. The molecule has 1 N–H and O–H groups in total. The second-order valence-corrected chi connectivity index (χ2v) is 4.68. The summed E-state index contributed by atoms with van der Waals surface area (Å²) in [5.41, 5.74) is 3.26. The van der Waals surface area contributed by atoms with Crippen molar-refractivity contribution in [1.82, 2.24) is 0 Å². The Bertz CT molecular complexity index is 562. The van der Waals surface area contributed by atoms with Gasteiger partial charge in [0.25, 0.3) is 0 Å². The van der Waals surface area contributed by atoms with Gasteiger partial charge in [0.15, 0.2) is 11.9 Å². The van der Waals surface area contributed by atoms with Crippen LogP contribution in [0.25, 0.3) is 0 Å². The Morgan fingerprint density at radius 1 is 1.11 bits per heavy atom. The zero-order valence-corrected chi connectivity index (χ0v) is 11.7. The first-order chi connectivity index (χ1) is 9.11. The molecule has 1 aromatic carbocycles. The van der Waals surface area contributed by atoms with E-state index in [1.807, 2.05) is 29.8 Å². The summed E-state index contributed by atoms with van der Waals surface area (Å²) in [6.45, 7) is 7.39. The van der Waals surface area contributed by atoms with Gasteiger partial charge in [-0.05, 0) is 19.4 Å². The highest BCUT2D eigenvalue weighted by Crippen LogP contribution is 2.27. The van der Waals surface area contributed by atoms with Gasteiger partial charge in [-0.2, -0.15) is 4.57 Å². The maximum absolute atomic E-state index is 9.90. The van der Waals surface area contributed by atoms with E-state index in [-0.39, 0.29) is 5.75 Å². The van der Waals surface area contributed by atoms with Crippen LogP contribution < -0.4 is 9.30 Å². The molecule has 0 aliphatic rings. The van der Waals surface area contributed by atoms with Crippen LogP contribution in [0.5, 0.6) is 11.5 Å². The van der Waals surface area contributed by atoms with Crippen LogP contribution in [0.4, 0.5) is 0 Å². The summed E-state index contributed by atoms with van der Waals surface area (Å²) < 4.78 is 7.81. The summed E-state index contributed by atoms with van der Waals surface area (Å²) in [7, 11) is 0. The number of aryl methyl sites for hydroxylation is 2. The number of hydrogen-bond donors (Lipinski definition) is 1. The molecule has 0 amide bonds. The molecule has 1 aromatic heterocycles. The number of aromatic hydroxyl groups is 1. The van der Waals surface area contributed by atoms with Crippen LogP contribution in [-0.4, -0.2) is 5.11 Å². The smallest absolute Gasteiger partial charge is 0.229 e. The third-order valence-electron chi connectivity index (χ3n) is 3.25. The van der Waals surface area contributed by atoms with E-state index >= 15 is 0 Å². The molecular formula is C16H20NO2+. The lowest BCUT2D eigenvalue weighted by atomic mass is 10.2. The van der Waals surface area contributed by atoms with Gasteiger partial charge in [0, 0.05) is 13.0 Å². The van der Waals surface area contributed by atoms with Gasteiger partial charge >= 0.3 is 0 Å². The van der Waals surface area contributed by atoms with E-state index in [4.69, 9.17) is 4.74 Å². The lowest BCUT2D eigenvalue weighted by Gasteiger charge is -2.10. The molecule has 0 fully saturated rings. The minimum absolute atomic E-state index is 0.189. The number of rotatable bonds is 4. The fourth-order valence-corrected chi connectivity index (χ4v) is 2.02. The molecule has 0 bridgehead atoms. The van der Waals surface area contributed by atoms with Crippen LogP contribution in [0, 0.1) is 13.8 Å². The van der Waals surface area contributed by atoms with Gasteiger partial charge < -0.3 is 9.84 Å². The average molecular weight is 258 g/mol. The van der Waals surface area contributed by atoms with Gasteiger partial charge in [0.2, 0.25) is 11.4 Å². The molecule has 0 spiro atoms. The Morgan fingerprint density at radius 2 is 1.79 bits per heavy atom. The number of pyridine rings is 1. The summed E-state index contributed by atoms with van der Waals surface area (Å²) in [5.74, 6) is 0.749. The second-order valence-electron chi connectivity index (χ2n) is 4.68. The maximum atomic E-state index is 9.90. The van der Waals surface area contributed by atoms with Crippen molar-refractivity contribution in [2.45, 2.75) is 33.9 Å². The van der Waals surface area contributed by atoms with Gasteiger partial charge in [-0.15, -0.1) is 0 Å². The van der Waals surface area contributed by atoms with E-state index in [2.05, 4.69) is 26.0 Å². The molecule has 0 saturated heterocycles. The number of aromatic nitrogens is 1. The fourth-order valence-electron chi connectivity index (χ4n) is 2.02. The molecule has 0 aliphatic carbocycles. The standard InChI is InChI=1S/C16H19NO2/c1-4-17-10-9-15(18)16(13(17)3)19-11-14-7-5-12(2)6-8-14/h5-10H,4,11H2,1-3H3/p+1. The maximum Gasteiger partial charge on any atom is 0.229 e. The molecule has 0 unspecified atom stereocenters. The van der Waals surface area contributed by atoms with E-state index in [1.54, 1.807) is 6.07 Å². The third kappa shape index (κ3) is 3.05. The molecule has 3 heteroatoms. The lowest BCUT2D eigenvalue weighted by molar-refractivity contribution is -0.699. The van der Waals surface area contributed by atoms with Crippen molar-refractivity contribution in [3.8, 4) is 11.5 Å². The Kier molecular flexibility index (Phi) is 4.05. The first kappa shape index (κ1) is 13.4. The third-order valence-corrected chi connectivity index (χ3v) is 3.25. The van der Waals surface area contributed by atoms with Gasteiger partial charge in [0.05, 0.1) is 0 Å². The van der Waals surface area contributed by atoms with Crippen LogP contribution in [0.2, 0.25) is 0 Å². The Balaban J connectivity index is 2.17. The van der Waals surface area contributed by atoms with Crippen molar-refractivity contribution in [3.63, 3.8) is 0 Å². The van der Waals surface area contributed by atoms with E-state index < -0.39 is 0 Å². The lowest BCUT2D eigenvalue weighted by Crippen LogP contribution is -2.35. The molecule has 2 rings (SSSR count). The number of benzene rings is 1. The molecule has 3 nitrogen and oxygen atoms in total. The van der Waals surface area contributed by atoms with Crippen molar-refractivity contribution in [2.24, 2.45) is 0 Å². The van der Waals surface area contributed by atoms with E-state index in [0.717, 1.165) is 17.8 Å². The minimum Gasteiger partial charge on any atom is -0.504 e. The van der Waals surface area contributed by atoms with Crippen molar-refractivity contribution in [3.05, 3.63) is 53.3 Å². The fraction of sp³-hybridized carbons (Fsp3) is 0.312. The predicted octanol–water partition coefficient (Wildman–Crippen LogP) is 2.90. The highest BCUT2D eigenvalue weighted by atomic mass is 16.5. The first-order valence-electron chi connectivity index (χ1n) is 6.52. The summed E-state index contributed by atoms with van der Waals surface area (Å²) in [6.07, 6.45) is 1.86. The average Bonchev–Trinajstić information content (AvgIpc) is 2.41. The Labute approximate surface area is 114 Å². The largest absolute Gasteiger partial charge is 0.504 e. The molecule has 19 heavy (non-hydrogen) atoms. The molecule has 100 valence electrons. The molecule has 2 aromatic rings. The van der Waals surface area contributed by atoms with Crippen molar-refractivity contribution in [1.29, 1.82) is 0 Å². The highest BCUT2D eigenvalue weighted by Gasteiger charge is 2.16. The number of ether oxygens (including phenoxy) is 1. The molecule has 0 aliphatic heterocycles.